The van der Waals surface area contributed by atoms with Gasteiger partial charge in [0.05, 0.1) is 12.7 Å². The molecule has 0 aliphatic heterocycles. The average molecular weight is 366 g/mol. The van der Waals surface area contributed by atoms with Crippen LogP contribution in [0.3, 0.4) is 0 Å². The highest BCUT2D eigenvalue weighted by atomic mass is 32.2. The Balaban J connectivity index is 2.61. The van der Waals surface area contributed by atoms with Gasteiger partial charge in [0.25, 0.3) is 5.91 Å². The zero-order valence-corrected chi connectivity index (χ0v) is 15.9. The number of carbonyl (C=O) groups excluding carboxylic acids is 3. The van der Waals surface area contributed by atoms with Gasteiger partial charge >= 0.3 is 5.97 Å². The largest absolute Gasteiger partial charge is 0.468 e. The number of benzene rings is 1. The maximum Gasteiger partial charge on any atom is 0.318 e. The molecular weight excluding hydrogens is 340 g/mol. The Bertz CT molecular complexity index is 606. The minimum Gasteiger partial charge on any atom is -0.468 e. The Hall–Kier alpha value is -2.02. The molecule has 1 aromatic carbocycles. The second kappa shape index (κ2) is 10.8. The minimum atomic E-state index is -0.416. The number of rotatable bonds is 9. The van der Waals surface area contributed by atoms with Crippen LogP contribution in [-0.2, 0) is 14.3 Å². The van der Waals surface area contributed by atoms with Gasteiger partial charge in [-0.05, 0) is 32.4 Å². The van der Waals surface area contributed by atoms with Crippen molar-refractivity contribution in [2.24, 2.45) is 0 Å². The maximum atomic E-state index is 12.4. The summed E-state index contributed by atoms with van der Waals surface area (Å²) >= 11 is 1.27. The summed E-state index contributed by atoms with van der Waals surface area (Å²) in [5, 5.41) is 5.19. The zero-order valence-electron chi connectivity index (χ0n) is 15.1. The van der Waals surface area contributed by atoms with Crippen LogP contribution in [-0.4, -0.2) is 42.7 Å². The zero-order chi connectivity index (χ0) is 18.8. The van der Waals surface area contributed by atoms with E-state index in [9.17, 15) is 14.4 Å². The molecule has 0 aromatic heterocycles. The third kappa shape index (κ3) is 7.17. The van der Waals surface area contributed by atoms with E-state index in [0.717, 1.165) is 6.42 Å². The standard InChI is InChI=1S/C18H26N2O4S/c1-5-12(2)20-16(21)10-11-19-17(22)14-8-6-7-9-15(14)25-13(3)18(23)24-4/h6-9,12-13H,5,10-11H2,1-4H3,(H,19,22)(H,20,21). The van der Waals surface area contributed by atoms with Gasteiger partial charge in [-0.2, -0.15) is 0 Å². The van der Waals surface area contributed by atoms with Crippen LogP contribution in [0.25, 0.3) is 0 Å². The molecule has 0 spiro atoms. The quantitative estimate of drug-likeness (QED) is 0.518. The second-order valence-electron chi connectivity index (χ2n) is 5.66. The summed E-state index contributed by atoms with van der Waals surface area (Å²) in [5.74, 6) is -0.699. The normalized spacial score (nSPS) is 12.8. The maximum absolute atomic E-state index is 12.4. The average Bonchev–Trinajstić information content (AvgIpc) is 2.60. The predicted molar refractivity (Wildman–Crippen MR) is 98.6 cm³/mol. The fourth-order valence-corrected chi connectivity index (χ4v) is 3.01. The third-order valence-electron chi connectivity index (χ3n) is 3.63. The van der Waals surface area contributed by atoms with Crippen LogP contribution in [0.5, 0.6) is 0 Å². The number of esters is 1. The molecule has 2 amide bonds. The summed E-state index contributed by atoms with van der Waals surface area (Å²) in [7, 11) is 1.34. The fourth-order valence-electron chi connectivity index (χ4n) is 2.00. The van der Waals surface area contributed by atoms with Crippen LogP contribution in [0.2, 0.25) is 0 Å². The predicted octanol–water partition coefficient (Wildman–Crippen LogP) is 2.37. The van der Waals surface area contributed by atoms with E-state index in [0.29, 0.717) is 10.5 Å². The lowest BCUT2D eigenvalue weighted by Crippen LogP contribution is -2.35. The number of carbonyl (C=O) groups is 3. The molecular formula is C18H26N2O4S. The van der Waals surface area contributed by atoms with E-state index in [4.69, 9.17) is 4.74 Å². The van der Waals surface area contributed by atoms with Gasteiger partial charge in [0.1, 0.15) is 5.25 Å². The van der Waals surface area contributed by atoms with Crippen molar-refractivity contribution in [3.8, 4) is 0 Å². The van der Waals surface area contributed by atoms with Crippen molar-refractivity contribution >= 4 is 29.5 Å². The molecule has 2 atom stereocenters. The molecule has 2 N–H and O–H groups in total. The van der Waals surface area contributed by atoms with Crippen molar-refractivity contribution in [1.29, 1.82) is 0 Å². The Kier molecular flexibility index (Phi) is 9.05. The van der Waals surface area contributed by atoms with Crippen LogP contribution in [0.4, 0.5) is 0 Å². The number of hydrogen-bond donors (Lipinski definition) is 2. The van der Waals surface area contributed by atoms with E-state index in [1.165, 1.54) is 18.9 Å². The summed E-state index contributed by atoms with van der Waals surface area (Å²) in [5.41, 5.74) is 0.477. The minimum absolute atomic E-state index is 0.0865. The molecule has 0 aliphatic rings. The van der Waals surface area contributed by atoms with Crippen LogP contribution >= 0.6 is 11.8 Å². The summed E-state index contributed by atoms with van der Waals surface area (Å²) in [4.78, 5) is 36.4. The molecule has 1 aromatic rings. The summed E-state index contributed by atoms with van der Waals surface area (Å²) in [6, 6.07) is 7.18. The molecule has 6 nitrogen and oxygen atoms in total. The lowest BCUT2D eigenvalue weighted by Gasteiger charge is -2.14. The Morgan fingerprint density at radius 2 is 1.88 bits per heavy atom. The highest BCUT2D eigenvalue weighted by Gasteiger charge is 2.19. The van der Waals surface area contributed by atoms with E-state index < -0.39 is 5.25 Å². The van der Waals surface area contributed by atoms with Crippen molar-refractivity contribution in [3.05, 3.63) is 29.8 Å². The number of hydrogen-bond acceptors (Lipinski definition) is 5. The number of methoxy groups -OCH3 is 1. The molecule has 0 bridgehead atoms. The Morgan fingerprint density at radius 3 is 2.52 bits per heavy atom. The molecule has 0 saturated carbocycles. The summed E-state index contributed by atoms with van der Waals surface area (Å²) < 4.78 is 4.71. The topological polar surface area (TPSA) is 84.5 Å². The van der Waals surface area contributed by atoms with Crippen molar-refractivity contribution in [1.82, 2.24) is 10.6 Å². The van der Waals surface area contributed by atoms with Crippen molar-refractivity contribution in [3.63, 3.8) is 0 Å². The lowest BCUT2D eigenvalue weighted by atomic mass is 10.2. The van der Waals surface area contributed by atoms with Crippen LogP contribution in [0.1, 0.15) is 44.0 Å². The van der Waals surface area contributed by atoms with Gasteiger partial charge in [-0.1, -0.05) is 19.1 Å². The first-order valence-corrected chi connectivity index (χ1v) is 9.18. The fraction of sp³-hybridized carbons (Fsp3) is 0.500. The molecule has 2 unspecified atom stereocenters. The molecule has 25 heavy (non-hydrogen) atoms. The first-order chi connectivity index (χ1) is 11.9. The monoisotopic (exact) mass is 366 g/mol. The Labute approximate surface area is 153 Å². The van der Waals surface area contributed by atoms with E-state index in [-0.39, 0.29) is 36.8 Å². The SMILES string of the molecule is CCC(C)NC(=O)CCNC(=O)c1ccccc1SC(C)C(=O)OC. The highest BCUT2D eigenvalue weighted by Crippen LogP contribution is 2.27. The van der Waals surface area contributed by atoms with E-state index in [1.807, 2.05) is 19.9 Å². The van der Waals surface area contributed by atoms with Gasteiger partial charge < -0.3 is 15.4 Å². The second-order valence-corrected chi connectivity index (χ2v) is 7.04. The first kappa shape index (κ1) is 21.0. The van der Waals surface area contributed by atoms with Gasteiger partial charge in [-0.25, -0.2) is 0 Å². The van der Waals surface area contributed by atoms with Crippen molar-refractivity contribution in [2.45, 2.75) is 49.8 Å². The molecule has 0 saturated heterocycles. The molecule has 138 valence electrons. The molecule has 0 fully saturated rings. The summed E-state index contributed by atoms with van der Waals surface area (Å²) in [6.07, 6.45) is 1.09. The summed E-state index contributed by atoms with van der Waals surface area (Å²) in [6.45, 7) is 5.92. The van der Waals surface area contributed by atoms with E-state index >= 15 is 0 Å². The van der Waals surface area contributed by atoms with Gasteiger partial charge in [0.2, 0.25) is 5.91 Å². The molecule has 0 heterocycles. The van der Waals surface area contributed by atoms with Gasteiger partial charge in [-0.3, -0.25) is 14.4 Å². The molecule has 1 rings (SSSR count). The molecule has 7 heteroatoms. The highest BCUT2D eigenvalue weighted by molar-refractivity contribution is 8.00. The Morgan fingerprint density at radius 1 is 1.20 bits per heavy atom. The third-order valence-corrected chi connectivity index (χ3v) is 4.78. The number of thioether (sulfide) groups is 1. The molecule has 0 aliphatic carbocycles. The first-order valence-electron chi connectivity index (χ1n) is 8.30. The lowest BCUT2D eigenvalue weighted by molar-refractivity contribution is -0.139. The van der Waals surface area contributed by atoms with Crippen LogP contribution in [0, 0.1) is 0 Å². The van der Waals surface area contributed by atoms with Gasteiger partial charge in [0, 0.05) is 23.9 Å². The van der Waals surface area contributed by atoms with Gasteiger partial charge in [0.15, 0.2) is 0 Å². The number of nitrogens with one attached hydrogen (secondary N) is 2. The van der Waals surface area contributed by atoms with Crippen LogP contribution in [0.15, 0.2) is 29.2 Å². The number of ether oxygens (including phenoxy) is 1. The van der Waals surface area contributed by atoms with Crippen LogP contribution < -0.4 is 10.6 Å². The van der Waals surface area contributed by atoms with Crippen molar-refractivity contribution in [2.75, 3.05) is 13.7 Å². The van der Waals surface area contributed by atoms with Crippen molar-refractivity contribution < 1.29 is 19.1 Å². The van der Waals surface area contributed by atoms with E-state index in [1.54, 1.807) is 25.1 Å². The number of amides is 2. The smallest absolute Gasteiger partial charge is 0.318 e. The van der Waals surface area contributed by atoms with E-state index in [2.05, 4.69) is 10.6 Å². The molecule has 0 radical (unpaired) electrons. The van der Waals surface area contributed by atoms with Gasteiger partial charge in [-0.15, -0.1) is 11.8 Å².